The third-order valence-corrected chi connectivity index (χ3v) is 5.60. The molecule has 3 aromatic rings. The van der Waals surface area contributed by atoms with Gasteiger partial charge in [0, 0.05) is 29.3 Å². The summed E-state index contributed by atoms with van der Waals surface area (Å²) in [5, 5.41) is 0.322. The van der Waals surface area contributed by atoms with Crippen LogP contribution in [0.15, 0.2) is 53.7 Å². The summed E-state index contributed by atoms with van der Waals surface area (Å²) < 4.78 is 43.7. The van der Waals surface area contributed by atoms with Gasteiger partial charge in [-0.05, 0) is 42.3 Å². The Hall–Kier alpha value is -2.53. The first-order chi connectivity index (χ1) is 12.9. The Kier molecular flexibility index (Phi) is 3.53. The molecule has 6 heteroatoms. The molecule has 5 rings (SSSR count). The average Bonchev–Trinajstić information content (AvgIpc) is 3.17. The SMILES string of the molecule is Fc1cc(Cl)c2c(c1)-n1cccc1C(c1ccc3c(c1)CCC3(F)F)=NC2. The predicted molar refractivity (Wildman–Crippen MR) is 98.7 cm³/mol. The Morgan fingerprint density at radius 1 is 1.11 bits per heavy atom. The van der Waals surface area contributed by atoms with E-state index in [4.69, 9.17) is 16.6 Å². The number of benzene rings is 2. The molecule has 2 nitrogen and oxygen atoms in total. The van der Waals surface area contributed by atoms with Gasteiger partial charge in [-0.3, -0.25) is 4.99 Å². The highest BCUT2D eigenvalue weighted by molar-refractivity contribution is 6.31. The summed E-state index contributed by atoms with van der Waals surface area (Å²) in [6.07, 6.45) is 2.02. The molecule has 0 saturated carbocycles. The molecule has 27 heavy (non-hydrogen) atoms. The van der Waals surface area contributed by atoms with Crippen molar-refractivity contribution in [3.05, 3.63) is 87.4 Å². The lowest BCUT2D eigenvalue weighted by Gasteiger charge is -2.13. The molecule has 1 aliphatic heterocycles. The van der Waals surface area contributed by atoms with Crippen LogP contribution in [0.5, 0.6) is 0 Å². The van der Waals surface area contributed by atoms with Crippen LogP contribution >= 0.6 is 11.6 Å². The molecule has 0 atom stereocenters. The minimum Gasteiger partial charge on any atom is -0.315 e. The van der Waals surface area contributed by atoms with E-state index >= 15 is 0 Å². The molecular formula is C21H14ClF3N2. The van der Waals surface area contributed by atoms with Gasteiger partial charge < -0.3 is 4.57 Å². The maximum atomic E-state index is 13.9. The normalized spacial score (nSPS) is 17.0. The summed E-state index contributed by atoms with van der Waals surface area (Å²) in [7, 11) is 0. The molecule has 1 aromatic heterocycles. The highest BCUT2D eigenvalue weighted by atomic mass is 35.5. The zero-order chi connectivity index (χ0) is 18.8. The van der Waals surface area contributed by atoms with E-state index in [0.29, 0.717) is 35.0 Å². The summed E-state index contributed by atoms with van der Waals surface area (Å²) >= 11 is 6.25. The second-order valence-corrected chi connectivity index (χ2v) is 7.30. The second-order valence-electron chi connectivity index (χ2n) is 6.89. The van der Waals surface area contributed by atoms with Crippen LogP contribution in [-0.4, -0.2) is 10.3 Å². The lowest BCUT2D eigenvalue weighted by atomic mass is 10.0. The maximum Gasteiger partial charge on any atom is 0.273 e. The quantitative estimate of drug-likeness (QED) is 0.513. The molecular weight excluding hydrogens is 373 g/mol. The molecule has 1 aliphatic carbocycles. The van der Waals surface area contributed by atoms with E-state index in [9.17, 15) is 13.2 Å². The topological polar surface area (TPSA) is 17.3 Å². The first kappa shape index (κ1) is 16.6. The van der Waals surface area contributed by atoms with Crippen LogP contribution in [0.4, 0.5) is 13.2 Å². The van der Waals surface area contributed by atoms with Crippen LogP contribution in [-0.2, 0) is 18.9 Å². The summed E-state index contributed by atoms with van der Waals surface area (Å²) in [6.45, 7) is 0.290. The number of aromatic nitrogens is 1. The van der Waals surface area contributed by atoms with E-state index in [-0.39, 0.29) is 12.0 Å². The fraction of sp³-hybridized carbons (Fsp3) is 0.190. The minimum absolute atomic E-state index is 0.101. The van der Waals surface area contributed by atoms with Gasteiger partial charge in [0.2, 0.25) is 0 Å². The van der Waals surface area contributed by atoms with E-state index in [1.54, 1.807) is 12.1 Å². The molecule has 136 valence electrons. The third kappa shape index (κ3) is 2.52. The van der Waals surface area contributed by atoms with E-state index in [1.165, 1.54) is 18.2 Å². The molecule has 0 bridgehead atoms. The lowest BCUT2D eigenvalue weighted by molar-refractivity contribution is -0.00183. The van der Waals surface area contributed by atoms with Gasteiger partial charge in [0.15, 0.2) is 0 Å². The van der Waals surface area contributed by atoms with Crippen molar-refractivity contribution in [2.24, 2.45) is 4.99 Å². The Morgan fingerprint density at radius 3 is 2.81 bits per heavy atom. The molecule has 0 saturated heterocycles. The Balaban J connectivity index is 1.67. The highest BCUT2D eigenvalue weighted by Gasteiger charge is 2.39. The largest absolute Gasteiger partial charge is 0.315 e. The van der Waals surface area contributed by atoms with Gasteiger partial charge in [-0.15, -0.1) is 0 Å². The number of rotatable bonds is 1. The monoisotopic (exact) mass is 386 g/mol. The van der Waals surface area contributed by atoms with Crippen LogP contribution < -0.4 is 0 Å². The van der Waals surface area contributed by atoms with Crippen molar-refractivity contribution in [2.75, 3.05) is 0 Å². The fourth-order valence-corrected chi connectivity index (χ4v) is 4.22. The first-order valence-electron chi connectivity index (χ1n) is 8.66. The van der Waals surface area contributed by atoms with Crippen molar-refractivity contribution in [1.29, 1.82) is 0 Å². The number of halogens is 4. The molecule has 2 aliphatic rings. The van der Waals surface area contributed by atoms with E-state index in [2.05, 4.69) is 0 Å². The Bertz CT molecular complexity index is 1110. The van der Waals surface area contributed by atoms with Gasteiger partial charge in [0.05, 0.1) is 28.7 Å². The smallest absolute Gasteiger partial charge is 0.273 e. The van der Waals surface area contributed by atoms with Crippen LogP contribution in [0.2, 0.25) is 5.02 Å². The standard InChI is InChI=1S/C21H14ClF3N2/c22-17-9-14(23)10-19-15(17)11-26-20(18-2-1-7-27(18)19)13-3-4-16-12(8-13)5-6-21(16,24)25/h1-4,7-10H,5-6,11H2. The molecule has 0 radical (unpaired) electrons. The summed E-state index contributed by atoms with van der Waals surface area (Å²) in [5.41, 5.74) is 4.37. The molecule has 0 amide bonds. The molecule has 0 fully saturated rings. The lowest BCUT2D eigenvalue weighted by Crippen LogP contribution is -2.10. The van der Waals surface area contributed by atoms with Crippen LogP contribution in [0.25, 0.3) is 5.69 Å². The molecule has 0 N–H and O–H groups in total. The van der Waals surface area contributed by atoms with Gasteiger partial charge in [-0.25, -0.2) is 13.2 Å². The summed E-state index contributed by atoms with van der Waals surface area (Å²) in [5.74, 6) is -3.18. The van der Waals surface area contributed by atoms with Crippen molar-refractivity contribution >= 4 is 17.3 Å². The first-order valence-corrected chi connectivity index (χ1v) is 9.04. The summed E-state index contributed by atoms with van der Waals surface area (Å²) in [6, 6.07) is 11.4. The van der Waals surface area contributed by atoms with Gasteiger partial charge in [0.1, 0.15) is 5.82 Å². The van der Waals surface area contributed by atoms with Gasteiger partial charge in [0.25, 0.3) is 5.92 Å². The van der Waals surface area contributed by atoms with E-state index in [1.807, 2.05) is 22.9 Å². The number of aryl methyl sites for hydroxylation is 1. The zero-order valence-corrected chi connectivity index (χ0v) is 14.9. The van der Waals surface area contributed by atoms with Crippen molar-refractivity contribution in [3.63, 3.8) is 0 Å². The third-order valence-electron chi connectivity index (χ3n) is 5.26. The number of alkyl halides is 2. The molecule has 2 aromatic carbocycles. The number of hydrogen-bond acceptors (Lipinski definition) is 1. The highest BCUT2D eigenvalue weighted by Crippen LogP contribution is 2.42. The van der Waals surface area contributed by atoms with E-state index < -0.39 is 11.7 Å². The van der Waals surface area contributed by atoms with Crippen molar-refractivity contribution < 1.29 is 13.2 Å². The van der Waals surface area contributed by atoms with E-state index in [0.717, 1.165) is 16.8 Å². The number of hydrogen-bond donors (Lipinski definition) is 0. The van der Waals surface area contributed by atoms with Crippen LogP contribution in [0.1, 0.15) is 34.4 Å². The molecule has 0 unspecified atom stereocenters. The number of fused-ring (bicyclic) bond motifs is 4. The van der Waals surface area contributed by atoms with Gasteiger partial charge in [-0.1, -0.05) is 23.7 Å². The molecule has 2 heterocycles. The number of nitrogens with zero attached hydrogens (tertiary/aromatic N) is 2. The summed E-state index contributed by atoms with van der Waals surface area (Å²) in [4.78, 5) is 4.70. The van der Waals surface area contributed by atoms with Crippen LogP contribution in [0, 0.1) is 5.82 Å². The second kappa shape index (κ2) is 5.73. The van der Waals surface area contributed by atoms with Gasteiger partial charge in [-0.2, -0.15) is 0 Å². The van der Waals surface area contributed by atoms with Crippen molar-refractivity contribution in [2.45, 2.75) is 25.3 Å². The molecule has 0 spiro atoms. The minimum atomic E-state index is -2.76. The Morgan fingerprint density at radius 2 is 1.96 bits per heavy atom. The Labute approximate surface area is 158 Å². The fourth-order valence-electron chi connectivity index (χ4n) is 3.95. The van der Waals surface area contributed by atoms with Crippen LogP contribution in [0.3, 0.4) is 0 Å². The maximum absolute atomic E-state index is 13.9. The average molecular weight is 387 g/mol. The predicted octanol–water partition coefficient (Wildman–Crippen LogP) is 5.66. The van der Waals surface area contributed by atoms with Gasteiger partial charge >= 0.3 is 0 Å². The number of aliphatic imine (C=N–C) groups is 1. The zero-order valence-electron chi connectivity index (χ0n) is 14.1. The van der Waals surface area contributed by atoms with Crippen molar-refractivity contribution in [1.82, 2.24) is 4.57 Å². The van der Waals surface area contributed by atoms with Crippen molar-refractivity contribution in [3.8, 4) is 5.69 Å².